The number of aliphatic carboxylic acids is 1. The summed E-state index contributed by atoms with van der Waals surface area (Å²) in [6.45, 7) is -0.407. The molecule has 0 bridgehead atoms. The van der Waals surface area contributed by atoms with Crippen molar-refractivity contribution in [1.82, 2.24) is 20.3 Å². The molecule has 8 heteroatoms. The van der Waals surface area contributed by atoms with Crippen LogP contribution in [0.3, 0.4) is 0 Å². The SMILES string of the molecule is O=C(Cn1ccnn1)N[C@H](CCO)C(=O)O. The molecule has 0 fully saturated rings. The summed E-state index contributed by atoms with van der Waals surface area (Å²) in [6, 6.07) is -1.08. The third kappa shape index (κ3) is 3.65. The lowest BCUT2D eigenvalue weighted by Gasteiger charge is -2.12. The van der Waals surface area contributed by atoms with Crippen molar-refractivity contribution in [2.45, 2.75) is 19.0 Å². The van der Waals surface area contributed by atoms with Crippen LogP contribution in [0, 0.1) is 0 Å². The lowest BCUT2D eigenvalue weighted by Crippen LogP contribution is -2.42. The minimum Gasteiger partial charge on any atom is -0.480 e. The van der Waals surface area contributed by atoms with Gasteiger partial charge in [-0.1, -0.05) is 5.21 Å². The van der Waals surface area contributed by atoms with E-state index in [9.17, 15) is 9.59 Å². The average Bonchev–Trinajstić information content (AvgIpc) is 2.69. The first-order chi connectivity index (χ1) is 7.63. The molecular formula is C8H12N4O4. The minimum atomic E-state index is -1.18. The number of carbonyl (C=O) groups excluding carboxylic acids is 1. The van der Waals surface area contributed by atoms with Gasteiger partial charge in [-0.25, -0.2) is 9.48 Å². The van der Waals surface area contributed by atoms with Gasteiger partial charge >= 0.3 is 5.97 Å². The molecule has 0 aliphatic carbocycles. The monoisotopic (exact) mass is 228 g/mol. The van der Waals surface area contributed by atoms with Crippen molar-refractivity contribution in [2.24, 2.45) is 0 Å². The fraction of sp³-hybridized carbons (Fsp3) is 0.500. The molecule has 1 atom stereocenters. The maximum absolute atomic E-state index is 11.4. The lowest BCUT2D eigenvalue weighted by molar-refractivity contribution is -0.142. The van der Waals surface area contributed by atoms with Crippen LogP contribution in [0.2, 0.25) is 0 Å². The second kappa shape index (κ2) is 5.81. The molecule has 0 unspecified atom stereocenters. The molecule has 1 heterocycles. The molecule has 16 heavy (non-hydrogen) atoms. The molecule has 0 saturated heterocycles. The highest BCUT2D eigenvalue weighted by atomic mass is 16.4. The Morgan fingerprint density at radius 3 is 2.75 bits per heavy atom. The van der Waals surface area contributed by atoms with Gasteiger partial charge < -0.3 is 15.5 Å². The number of amides is 1. The van der Waals surface area contributed by atoms with E-state index < -0.39 is 17.9 Å². The maximum atomic E-state index is 11.4. The van der Waals surface area contributed by atoms with Gasteiger partial charge in [0.2, 0.25) is 5.91 Å². The van der Waals surface area contributed by atoms with Crippen molar-refractivity contribution in [3.05, 3.63) is 12.4 Å². The Hall–Kier alpha value is -1.96. The molecule has 1 amide bonds. The third-order valence-corrected chi connectivity index (χ3v) is 1.83. The summed E-state index contributed by atoms with van der Waals surface area (Å²) in [5.41, 5.74) is 0. The summed E-state index contributed by atoms with van der Waals surface area (Å²) in [6.07, 6.45) is 2.87. The van der Waals surface area contributed by atoms with Crippen LogP contribution >= 0.6 is 0 Å². The maximum Gasteiger partial charge on any atom is 0.326 e. The number of nitrogens with zero attached hydrogens (tertiary/aromatic N) is 3. The first kappa shape index (κ1) is 12.1. The summed E-state index contributed by atoms with van der Waals surface area (Å²) in [5.74, 6) is -1.67. The van der Waals surface area contributed by atoms with E-state index in [-0.39, 0.29) is 19.6 Å². The molecule has 0 aromatic carbocycles. The first-order valence-corrected chi connectivity index (χ1v) is 4.60. The summed E-state index contributed by atoms with van der Waals surface area (Å²) >= 11 is 0. The van der Waals surface area contributed by atoms with Crippen molar-refractivity contribution in [1.29, 1.82) is 0 Å². The first-order valence-electron chi connectivity index (χ1n) is 4.60. The predicted molar refractivity (Wildman–Crippen MR) is 51.3 cm³/mol. The molecule has 0 spiro atoms. The zero-order valence-corrected chi connectivity index (χ0v) is 8.41. The standard InChI is InChI=1S/C8H12N4O4/c13-4-1-6(8(15)16)10-7(14)5-12-3-2-9-11-12/h2-3,6,13H,1,4-5H2,(H,10,14)(H,15,16)/t6-/m1/s1. The van der Waals surface area contributed by atoms with Gasteiger partial charge in [0.1, 0.15) is 12.6 Å². The van der Waals surface area contributed by atoms with Crippen LogP contribution in [0.15, 0.2) is 12.4 Å². The van der Waals surface area contributed by atoms with Gasteiger partial charge in [-0.05, 0) is 0 Å². The van der Waals surface area contributed by atoms with Crippen molar-refractivity contribution in [2.75, 3.05) is 6.61 Å². The van der Waals surface area contributed by atoms with Gasteiger partial charge in [0.15, 0.2) is 0 Å². The molecular weight excluding hydrogens is 216 g/mol. The second-order valence-electron chi connectivity index (χ2n) is 3.07. The molecule has 0 saturated carbocycles. The van der Waals surface area contributed by atoms with E-state index in [0.29, 0.717) is 0 Å². The fourth-order valence-electron chi connectivity index (χ4n) is 1.09. The van der Waals surface area contributed by atoms with Gasteiger partial charge in [0, 0.05) is 19.2 Å². The number of carboxylic acid groups (broad SMARTS) is 1. The third-order valence-electron chi connectivity index (χ3n) is 1.83. The zero-order valence-electron chi connectivity index (χ0n) is 8.41. The Balaban J connectivity index is 2.45. The van der Waals surface area contributed by atoms with Gasteiger partial charge in [-0.15, -0.1) is 5.10 Å². The highest BCUT2D eigenvalue weighted by Crippen LogP contribution is 1.92. The number of hydrogen-bond donors (Lipinski definition) is 3. The molecule has 0 aliphatic rings. The highest BCUT2D eigenvalue weighted by Gasteiger charge is 2.19. The number of aliphatic hydroxyl groups excluding tert-OH is 1. The van der Waals surface area contributed by atoms with Crippen LogP contribution in [-0.2, 0) is 16.1 Å². The van der Waals surface area contributed by atoms with E-state index in [0.717, 1.165) is 0 Å². The van der Waals surface area contributed by atoms with Gasteiger partial charge in [-0.3, -0.25) is 4.79 Å². The van der Waals surface area contributed by atoms with E-state index in [1.54, 1.807) is 0 Å². The van der Waals surface area contributed by atoms with Crippen molar-refractivity contribution in [3.63, 3.8) is 0 Å². The van der Waals surface area contributed by atoms with Crippen molar-refractivity contribution >= 4 is 11.9 Å². The van der Waals surface area contributed by atoms with Crippen LogP contribution in [-0.4, -0.2) is 49.7 Å². The molecule has 0 radical (unpaired) electrons. The Bertz CT molecular complexity index is 351. The molecule has 1 aromatic heterocycles. The topological polar surface area (TPSA) is 117 Å². The van der Waals surface area contributed by atoms with E-state index in [1.165, 1.54) is 17.1 Å². The quantitative estimate of drug-likeness (QED) is 0.530. The number of hydrogen-bond acceptors (Lipinski definition) is 5. The smallest absolute Gasteiger partial charge is 0.326 e. The van der Waals surface area contributed by atoms with Crippen LogP contribution in [0.25, 0.3) is 0 Å². The van der Waals surface area contributed by atoms with Gasteiger partial charge in [0.05, 0.1) is 6.20 Å². The number of aliphatic hydroxyl groups is 1. The Kier molecular flexibility index (Phi) is 4.40. The van der Waals surface area contributed by atoms with Gasteiger partial charge in [0.25, 0.3) is 0 Å². The molecule has 1 aromatic rings. The molecule has 1 rings (SSSR count). The summed E-state index contributed by atoms with van der Waals surface area (Å²) < 4.78 is 1.27. The number of carbonyl (C=O) groups is 2. The molecule has 3 N–H and O–H groups in total. The van der Waals surface area contributed by atoms with Crippen LogP contribution in [0.4, 0.5) is 0 Å². The highest BCUT2D eigenvalue weighted by molar-refractivity contribution is 5.83. The van der Waals surface area contributed by atoms with Crippen LogP contribution < -0.4 is 5.32 Å². The molecule has 0 aliphatic heterocycles. The number of carboxylic acids is 1. The normalized spacial score (nSPS) is 12.1. The predicted octanol–water partition coefficient (Wildman–Crippen LogP) is -1.77. The van der Waals surface area contributed by atoms with E-state index in [4.69, 9.17) is 10.2 Å². The van der Waals surface area contributed by atoms with Crippen molar-refractivity contribution in [3.8, 4) is 0 Å². The van der Waals surface area contributed by atoms with E-state index >= 15 is 0 Å². The van der Waals surface area contributed by atoms with Crippen LogP contribution in [0.1, 0.15) is 6.42 Å². The Morgan fingerprint density at radius 2 is 2.25 bits per heavy atom. The summed E-state index contributed by atoms with van der Waals surface area (Å²) in [4.78, 5) is 22.0. The summed E-state index contributed by atoms with van der Waals surface area (Å²) in [5, 5.41) is 26.7. The number of aromatic nitrogens is 3. The van der Waals surface area contributed by atoms with E-state index in [2.05, 4.69) is 15.6 Å². The largest absolute Gasteiger partial charge is 0.480 e. The minimum absolute atomic E-state index is 0.0293. The summed E-state index contributed by atoms with van der Waals surface area (Å²) in [7, 11) is 0. The Morgan fingerprint density at radius 1 is 1.50 bits per heavy atom. The number of rotatable bonds is 6. The molecule has 8 nitrogen and oxygen atoms in total. The fourth-order valence-corrected chi connectivity index (χ4v) is 1.09. The zero-order chi connectivity index (χ0) is 12.0. The lowest BCUT2D eigenvalue weighted by atomic mass is 10.2. The average molecular weight is 228 g/mol. The van der Waals surface area contributed by atoms with Crippen molar-refractivity contribution < 1.29 is 19.8 Å². The number of nitrogens with one attached hydrogen (secondary N) is 1. The Labute approximate surface area is 90.9 Å². The second-order valence-corrected chi connectivity index (χ2v) is 3.07. The van der Waals surface area contributed by atoms with Crippen LogP contribution in [0.5, 0.6) is 0 Å². The van der Waals surface area contributed by atoms with Gasteiger partial charge in [-0.2, -0.15) is 0 Å². The molecule has 88 valence electrons. The van der Waals surface area contributed by atoms with E-state index in [1.807, 2.05) is 0 Å².